The van der Waals surface area contributed by atoms with E-state index in [0.717, 1.165) is 23.9 Å². The van der Waals surface area contributed by atoms with Crippen molar-refractivity contribution in [3.63, 3.8) is 0 Å². The normalized spacial score (nSPS) is 12.0. The molecule has 2 aromatic carbocycles. The number of hydrogen-bond donors (Lipinski definition) is 2. The number of nitrogens with one attached hydrogen (secondary N) is 2. The zero-order valence-corrected chi connectivity index (χ0v) is 15.1. The summed E-state index contributed by atoms with van der Waals surface area (Å²) < 4.78 is 32.6. The van der Waals surface area contributed by atoms with Gasteiger partial charge in [-0.3, -0.25) is 9.32 Å². The van der Waals surface area contributed by atoms with Gasteiger partial charge >= 0.3 is 10.7 Å². The van der Waals surface area contributed by atoms with Crippen LogP contribution in [0.1, 0.15) is 13.3 Å². The molecule has 27 heavy (non-hydrogen) atoms. The summed E-state index contributed by atoms with van der Waals surface area (Å²) in [5.74, 6) is -2.49. The molecule has 3 rings (SSSR count). The Morgan fingerprint density at radius 2 is 1.96 bits per heavy atom. The van der Waals surface area contributed by atoms with Crippen LogP contribution >= 0.6 is 11.8 Å². The van der Waals surface area contributed by atoms with Crippen LogP contribution in [0.15, 0.2) is 62.9 Å². The Bertz CT molecular complexity index is 1000. The Labute approximate surface area is 157 Å². The van der Waals surface area contributed by atoms with E-state index in [1.807, 2.05) is 6.07 Å². The number of thioether (sulfide) groups is 1. The van der Waals surface area contributed by atoms with Gasteiger partial charge in [0.05, 0.1) is 5.25 Å². The van der Waals surface area contributed by atoms with Gasteiger partial charge in [0.15, 0.2) is 11.6 Å². The predicted molar refractivity (Wildman–Crippen MR) is 95.8 cm³/mol. The van der Waals surface area contributed by atoms with E-state index in [4.69, 9.17) is 4.52 Å². The van der Waals surface area contributed by atoms with Gasteiger partial charge in [0.1, 0.15) is 0 Å². The highest BCUT2D eigenvalue weighted by atomic mass is 32.2. The SMILES string of the molecule is CCC(Sc1c(=O)o[nH][n+]1-c1ccccc1)C(=O)Nc1ccc(F)c(F)c1. The molecule has 1 amide bonds. The van der Waals surface area contributed by atoms with E-state index in [9.17, 15) is 18.4 Å². The van der Waals surface area contributed by atoms with Crippen LogP contribution < -0.4 is 15.6 Å². The first kappa shape index (κ1) is 18.8. The first-order chi connectivity index (χ1) is 13.0. The molecule has 1 heterocycles. The highest BCUT2D eigenvalue weighted by molar-refractivity contribution is 8.00. The number of halogens is 2. The summed E-state index contributed by atoms with van der Waals surface area (Å²) in [4.78, 5) is 24.6. The van der Waals surface area contributed by atoms with Gasteiger partial charge in [0.25, 0.3) is 0 Å². The Kier molecular flexibility index (Phi) is 5.70. The molecule has 1 unspecified atom stereocenters. The Morgan fingerprint density at radius 3 is 2.63 bits per heavy atom. The van der Waals surface area contributed by atoms with E-state index in [-0.39, 0.29) is 10.7 Å². The van der Waals surface area contributed by atoms with Crippen LogP contribution in [-0.4, -0.2) is 16.4 Å². The predicted octanol–water partition coefficient (Wildman–Crippen LogP) is 3.03. The summed E-state index contributed by atoms with van der Waals surface area (Å²) in [6.45, 7) is 1.78. The minimum Gasteiger partial charge on any atom is -0.325 e. The van der Waals surface area contributed by atoms with Gasteiger partial charge in [-0.05, 0) is 40.3 Å². The standard InChI is InChI=1S/C18H15F2N3O3S/c1-2-15(16(24)21-11-8-9-13(19)14(20)10-11)27-17-18(25)26-22-23(17)12-6-4-3-5-7-12/h3-10,15H,2H2,1H3,(H-,21,22,24,25)/p+1. The number of rotatable bonds is 6. The molecule has 9 heteroatoms. The van der Waals surface area contributed by atoms with E-state index >= 15 is 0 Å². The summed E-state index contributed by atoms with van der Waals surface area (Å²) in [6, 6.07) is 12.1. The molecule has 0 aliphatic rings. The summed E-state index contributed by atoms with van der Waals surface area (Å²) in [5.41, 5.74) is 0.194. The van der Waals surface area contributed by atoms with E-state index < -0.39 is 28.4 Å². The number of aromatic amines is 1. The second kappa shape index (κ2) is 8.17. The van der Waals surface area contributed by atoms with E-state index in [1.54, 1.807) is 31.2 Å². The second-order valence-electron chi connectivity index (χ2n) is 5.59. The minimum absolute atomic E-state index is 0.134. The largest absolute Gasteiger partial charge is 0.442 e. The van der Waals surface area contributed by atoms with Crippen molar-refractivity contribution in [2.75, 3.05) is 5.32 Å². The van der Waals surface area contributed by atoms with Crippen molar-refractivity contribution < 1.29 is 22.8 Å². The molecule has 0 bridgehead atoms. The van der Waals surface area contributed by atoms with Gasteiger partial charge in [0.2, 0.25) is 11.6 Å². The first-order valence-electron chi connectivity index (χ1n) is 8.11. The number of benzene rings is 2. The number of amides is 1. The van der Waals surface area contributed by atoms with Gasteiger partial charge < -0.3 is 5.32 Å². The fourth-order valence-electron chi connectivity index (χ4n) is 2.36. The van der Waals surface area contributed by atoms with Gasteiger partial charge in [-0.1, -0.05) is 25.1 Å². The fraction of sp³-hybridized carbons (Fsp3) is 0.167. The number of nitrogens with zero attached hydrogens (tertiary/aromatic N) is 1. The molecule has 0 radical (unpaired) electrons. The topological polar surface area (TPSA) is 79.0 Å². The van der Waals surface area contributed by atoms with Gasteiger partial charge in [-0.25, -0.2) is 13.6 Å². The molecule has 1 atom stereocenters. The zero-order chi connectivity index (χ0) is 19.4. The summed E-state index contributed by atoms with van der Waals surface area (Å²) >= 11 is 1.02. The third-order valence-corrected chi connectivity index (χ3v) is 5.13. The Balaban J connectivity index is 1.81. The fourth-order valence-corrected chi connectivity index (χ4v) is 3.35. The maximum Gasteiger partial charge on any atom is 0.442 e. The van der Waals surface area contributed by atoms with E-state index in [1.165, 1.54) is 10.7 Å². The van der Waals surface area contributed by atoms with Gasteiger partial charge in [0, 0.05) is 23.9 Å². The van der Waals surface area contributed by atoms with Crippen LogP contribution in [0.3, 0.4) is 0 Å². The van der Waals surface area contributed by atoms with E-state index in [0.29, 0.717) is 12.1 Å². The van der Waals surface area contributed by atoms with Crippen molar-refractivity contribution in [1.82, 2.24) is 5.27 Å². The molecule has 0 fully saturated rings. The average molecular weight is 392 g/mol. The molecule has 6 nitrogen and oxygen atoms in total. The van der Waals surface area contributed by atoms with Crippen molar-refractivity contribution >= 4 is 23.4 Å². The molecule has 2 N–H and O–H groups in total. The molecule has 0 saturated carbocycles. The van der Waals surface area contributed by atoms with Crippen molar-refractivity contribution in [3.05, 3.63) is 70.6 Å². The Morgan fingerprint density at radius 1 is 1.22 bits per heavy atom. The maximum atomic E-state index is 13.3. The number of para-hydroxylation sites is 1. The lowest BCUT2D eigenvalue weighted by Gasteiger charge is -2.12. The number of anilines is 1. The minimum atomic E-state index is -1.05. The van der Waals surface area contributed by atoms with E-state index in [2.05, 4.69) is 10.6 Å². The summed E-state index contributed by atoms with van der Waals surface area (Å²) in [6.07, 6.45) is 0.402. The summed E-state index contributed by atoms with van der Waals surface area (Å²) in [7, 11) is 0. The average Bonchev–Trinajstić information content (AvgIpc) is 3.03. The number of carbonyl (C=O) groups excluding carboxylic acids is 1. The third-order valence-electron chi connectivity index (χ3n) is 3.73. The number of aromatic nitrogens is 2. The molecule has 1 aromatic heterocycles. The number of hydrogen-bond acceptors (Lipinski definition) is 4. The van der Waals surface area contributed by atoms with Crippen molar-refractivity contribution in [3.8, 4) is 5.69 Å². The summed E-state index contributed by atoms with van der Waals surface area (Å²) in [5, 5.41) is 4.60. The van der Waals surface area contributed by atoms with Crippen molar-refractivity contribution in [2.24, 2.45) is 0 Å². The lowest BCUT2D eigenvalue weighted by Crippen LogP contribution is -2.37. The second-order valence-corrected chi connectivity index (χ2v) is 6.78. The molecule has 0 spiro atoms. The smallest absolute Gasteiger partial charge is 0.325 e. The van der Waals surface area contributed by atoms with Crippen LogP contribution in [0.25, 0.3) is 5.69 Å². The molecule has 140 valence electrons. The number of H-pyrrole nitrogens is 1. The van der Waals surface area contributed by atoms with Gasteiger partial charge in [-0.15, -0.1) is 0 Å². The first-order valence-corrected chi connectivity index (χ1v) is 8.99. The highest BCUT2D eigenvalue weighted by Gasteiger charge is 2.30. The lowest BCUT2D eigenvalue weighted by molar-refractivity contribution is -0.704. The number of carbonyl (C=O) groups is 1. The zero-order valence-electron chi connectivity index (χ0n) is 14.2. The molecular weight excluding hydrogens is 376 g/mol. The monoisotopic (exact) mass is 392 g/mol. The van der Waals surface area contributed by atoms with Crippen molar-refractivity contribution in [2.45, 2.75) is 23.6 Å². The third kappa shape index (κ3) is 4.25. The van der Waals surface area contributed by atoms with Crippen LogP contribution in [0, 0.1) is 11.6 Å². The van der Waals surface area contributed by atoms with Crippen LogP contribution in [0.5, 0.6) is 0 Å². The molecule has 3 aromatic rings. The van der Waals surface area contributed by atoms with Crippen molar-refractivity contribution in [1.29, 1.82) is 0 Å². The lowest BCUT2D eigenvalue weighted by atomic mass is 10.2. The molecular formula is C18H16F2N3O3S+. The van der Waals surface area contributed by atoms with Crippen LogP contribution in [-0.2, 0) is 4.79 Å². The Hall–Kier alpha value is -2.94. The van der Waals surface area contributed by atoms with Gasteiger partial charge in [-0.2, -0.15) is 0 Å². The van der Waals surface area contributed by atoms with Crippen LogP contribution in [0.4, 0.5) is 14.5 Å². The quantitative estimate of drug-likeness (QED) is 0.499. The molecule has 0 aliphatic heterocycles. The molecule has 0 aliphatic carbocycles. The maximum absolute atomic E-state index is 13.3. The van der Waals surface area contributed by atoms with Crippen LogP contribution in [0.2, 0.25) is 0 Å². The highest BCUT2D eigenvalue weighted by Crippen LogP contribution is 2.23. The molecule has 0 saturated heterocycles.